The number of carbonyl (C=O) groups is 1. The molecule has 1 rings (SSSR count). The van der Waals surface area contributed by atoms with Gasteiger partial charge in [0.25, 0.3) is 0 Å². The first-order chi connectivity index (χ1) is 7.80. The van der Waals surface area contributed by atoms with Crippen LogP contribution in [0, 0.1) is 17.3 Å². The molecule has 0 aromatic rings. The van der Waals surface area contributed by atoms with Crippen LogP contribution in [0.2, 0.25) is 0 Å². The Kier molecular flexibility index (Phi) is 5.23. The number of hydrogen-bond donors (Lipinski definition) is 1. The first-order valence-corrected chi connectivity index (χ1v) is 7.21. The van der Waals surface area contributed by atoms with Gasteiger partial charge in [-0.15, -0.1) is 0 Å². The SMILES string of the molecule is C=C(Br)CNC(=O)C1CCC(C(C)(C)C)CC1. The van der Waals surface area contributed by atoms with Crippen LogP contribution in [0.4, 0.5) is 0 Å². The average Bonchev–Trinajstić information content (AvgIpc) is 2.25. The van der Waals surface area contributed by atoms with Gasteiger partial charge in [0.2, 0.25) is 5.91 Å². The van der Waals surface area contributed by atoms with E-state index in [1.165, 1.54) is 12.8 Å². The summed E-state index contributed by atoms with van der Waals surface area (Å²) in [5, 5.41) is 2.92. The third kappa shape index (κ3) is 4.82. The molecule has 1 amide bonds. The van der Waals surface area contributed by atoms with Crippen LogP contribution in [0.15, 0.2) is 11.1 Å². The molecule has 0 radical (unpaired) electrons. The summed E-state index contributed by atoms with van der Waals surface area (Å²) in [6, 6.07) is 0. The maximum absolute atomic E-state index is 11.9. The van der Waals surface area contributed by atoms with Crippen molar-refractivity contribution in [2.75, 3.05) is 6.54 Å². The summed E-state index contributed by atoms with van der Waals surface area (Å²) >= 11 is 3.25. The van der Waals surface area contributed by atoms with Crippen LogP contribution >= 0.6 is 15.9 Å². The predicted octanol–water partition coefficient (Wildman–Crippen LogP) is 3.86. The monoisotopic (exact) mass is 301 g/mol. The maximum atomic E-state index is 11.9. The van der Waals surface area contributed by atoms with Crippen LogP contribution < -0.4 is 5.32 Å². The molecule has 1 fully saturated rings. The fourth-order valence-corrected chi connectivity index (χ4v) is 2.69. The van der Waals surface area contributed by atoms with Gasteiger partial charge in [-0.05, 0) is 37.0 Å². The molecule has 0 aliphatic heterocycles. The lowest BCUT2D eigenvalue weighted by atomic mass is 9.70. The molecule has 0 aromatic heterocycles. The highest BCUT2D eigenvalue weighted by molar-refractivity contribution is 9.11. The molecule has 1 aliphatic carbocycles. The summed E-state index contributed by atoms with van der Waals surface area (Å²) in [6.07, 6.45) is 4.42. The fourth-order valence-electron chi connectivity index (χ4n) is 2.55. The Hall–Kier alpha value is -0.310. The van der Waals surface area contributed by atoms with E-state index in [1.54, 1.807) is 0 Å². The number of amides is 1. The molecule has 17 heavy (non-hydrogen) atoms. The van der Waals surface area contributed by atoms with Gasteiger partial charge in [0.1, 0.15) is 0 Å². The molecule has 0 bridgehead atoms. The summed E-state index contributed by atoms with van der Waals surface area (Å²) in [5.41, 5.74) is 0.381. The number of hydrogen-bond acceptors (Lipinski definition) is 1. The van der Waals surface area contributed by atoms with Gasteiger partial charge in [-0.2, -0.15) is 0 Å². The Morgan fingerprint density at radius 1 is 1.29 bits per heavy atom. The lowest BCUT2D eigenvalue weighted by Crippen LogP contribution is -2.35. The van der Waals surface area contributed by atoms with E-state index in [9.17, 15) is 4.79 Å². The highest BCUT2D eigenvalue weighted by atomic mass is 79.9. The number of rotatable bonds is 3. The molecule has 98 valence electrons. The van der Waals surface area contributed by atoms with Crippen LogP contribution in [0.25, 0.3) is 0 Å². The zero-order valence-electron chi connectivity index (χ0n) is 11.2. The van der Waals surface area contributed by atoms with Gasteiger partial charge in [-0.25, -0.2) is 0 Å². The van der Waals surface area contributed by atoms with E-state index in [1.807, 2.05) is 0 Å². The second-order valence-electron chi connectivity index (χ2n) is 6.15. The number of halogens is 1. The molecular formula is C14H24BrNO. The Labute approximate surface area is 113 Å². The molecule has 0 atom stereocenters. The Morgan fingerprint density at radius 2 is 1.82 bits per heavy atom. The smallest absolute Gasteiger partial charge is 0.223 e. The van der Waals surface area contributed by atoms with Crippen molar-refractivity contribution in [1.29, 1.82) is 0 Å². The van der Waals surface area contributed by atoms with Crippen LogP contribution in [-0.4, -0.2) is 12.5 Å². The topological polar surface area (TPSA) is 29.1 Å². The van der Waals surface area contributed by atoms with Gasteiger partial charge >= 0.3 is 0 Å². The summed E-state index contributed by atoms with van der Waals surface area (Å²) in [7, 11) is 0. The highest BCUT2D eigenvalue weighted by Gasteiger charge is 2.32. The lowest BCUT2D eigenvalue weighted by Gasteiger charge is -2.36. The quantitative estimate of drug-likeness (QED) is 0.842. The van der Waals surface area contributed by atoms with E-state index in [0.717, 1.165) is 23.2 Å². The second kappa shape index (κ2) is 6.03. The molecule has 1 aliphatic rings. The van der Waals surface area contributed by atoms with Crippen LogP contribution in [-0.2, 0) is 4.79 Å². The van der Waals surface area contributed by atoms with Gasteiger partial charge in [0.15, 0.2) is 0 Å². The number of nitrogens with one attached hydrogen (secondary N) is 1. The van der Waals surface area contributed by atoms with Gasteiger partial charge in [0.05, 0.1) is 0 Å². The molecule has 3 heteroatoms. The summed E-state index contributed by atoms with van der Waals surface area (Å²) in [6.45, 7) is 11.2. The van der Waals surface area contributed by atoms with E-state index in [2.05, 4.69) is 48.6 Å². The summed E-state index contributed by atoms with van der Waals surface area (Å²) < 4.78 is 0.828. The van der Waals surface area contributed by atoms with Crippen molar-refractivity contribution in [3.8, 4) is 0 Å². The second-order valence-corrected chi connectivity index (χ2v) is 7.27. The zero-order valence-corrected chi connectivity index (χ0v) is 12.8. The summed E-state index contributed by atoms with van der Waals surface area (Å²) in [5.74, 6) is 1.16. The standard InChI is InChI=1S/C14H24BrNO/c1-10(15)9-16-13(17)11-5-7-12(8-6-11)14(2,3)4/h11-12H,1,5-9H2,2-4H3,(H,16,17). The van der Waals surface area contributed by atoms with Crippen LogP contribution in [0.5, 0.6) is 0 Å². The van der Waals surface area contributed by atoms with Crippen LogP contribution in [0.1, 0.15) is 46.5 Å². The third-order valence-corrected chi connectivity index (χ3v) is 4.06. The summed E-state index contributed by atoms with van der Waals surface area (Å²) in [4.78, 5) is 11.9. The average molecular weight is 302 g/mol. The lowest BCUT2D eigenvalue weighted by molar-refractivity contribution is -0.126. The van der Waals surface area contributed by atoms with Crippen molar-refractivity contribution in [2.24, 2.45) is 17.3 Å². The third-order valence-electron chi connectivity index (χ3n) is 3.78. The largest absolute Gasteiger partial charge is 0.351 e. The van der Waals surface area contributed by atoms with Crippen molar-refractivity contribution < 1.29 is 4.79 Å². The van der Waals surface area contributed by atoms with Crippen LogP contribution in [0.3, 0.4) is 0 Å². The predicted molar refractivity (Wildman–Crippen MR) is 76.0 cm³/mol. The van der Waals surface area contributed by atoms with Gasteiger partial charge < -0.3 is 5.32 Å². The molecule has 0 saturated heterocycles. The highest BCUT2D eigenvalue weighted by Crippen LogP contribution is 2.39. The van der Waals surface area contributed by atoms with E-state index < -0.39 is 0 Å². The first kappa shape index (κ1) is 14.7. The molecule has 1 N–H and O–H groups in total. The minimum atomic E-state index is 0.193. The van der Waals surface area contributed by atoms with Crippen molar-refractivity contribution in [3.63, 3.8) is 0 Å². The van der Waals surface area contributed by atoms with Crippen molar-refractivity contribution >= 4 is 21.8 Å². The van der Waals surface area contributed by atoms with Gasteiger partial charge in [-0.1, -0.05) is 43.3 Å². The molecule has 0 aromatic carbocycles. The van der Waals surface area contributed by atoms with Crippen molar-refractivity contribution in [1.82, 2.24) is 5.32 Å². The Bertz CT molecular complexity index is 285. The zero-order chi connectivity index (χ0) is 13.1. The Balaban J connectivity index is 2.36. The normalized spacial score (nSPS) is 25.4. The van der Waals surface area contributed by atoms with E-state index in [-0.39, 0.29) is 11.8 Å². The molecule has 1 saturated carbocycles. The van der Waals surface area contributed by atoms with E-state index >= 15 is 0 Å². The maximum Gasteiger partial charge on any atom is 0.223 e. The minimum absolute atomic E-state index is 0.193. The Morgan fingerprint density at radius 3 is 2.24 bits per heavy atom. The molecule has 0 spiro atoms. The molecule has 2 nitrogen and oxygen atoms in total. The van der Waals surface area contributed by atoms with Crippen molar-refractivity contribution in [3.05, 3.63) is 11.1 Å². The van der Waals surface area contributed by atoms with Gasteiger partial charge in [0, 0.05) is 16.9 Å². The first-order valence-electron chi connectivity index (χ1n) is 6.41. The van der Waals surface area contributed by atoms with Crippen molar-refractivity contribution in [2.45, 2.75) is 46.5 Å². The van der Waals surface area contributed by atoms with Gasteiger partial charge in [-0.3, -0.25) is 4.79 Å². The molecule has 0 heterocycles. The molecular weight excluding hydrogens is 278 g/mol. The fraction of sp³-hybridized carbons (Fsp3) is 0.786. The molecule has 0 unspecified atom stereocenters. The van der Waals surface area contributed by atoms with E-state index in [4.69, 9.17) is 0 Å². The minimum Gasteiger partial charge on any atom is -0.351 e. The van der Waals surface area contributed by atoms with E-state index in [0.29, 0.717) is 12.0 Å². The number of carbonyl (C=O) groups excluding carboxylic acids is 1.